The molecule has 2 heterocycles. The first-order chi connectivity index (χ1) is 14.0. The summed E-state index contributed by atoms with van der Waals surface area (Å²) >= 11 is 5.90. The summed E-state index contributed by atoms with van der Waals surface area (Å²) in [6, 6.07) is 15.2. The number of phenols is 1. The van der Waals surface area contributed by atoms with Crippen molar-refractivity contribution in [3.05, 3.63) is 88.8 Å². The number of phenolic OH excluding ortho intramolecular Hbond substituents is 1. The maximum Gasteiger partial charge on any atom is 0.255 e. The molecule has 0 saturated carbocycles. The normalized spacial score (nSPS) is 10.8. The number of halogens is 1. The fourth-order valence-electron chi connectivity index (χ4n) is 2.89. The number of imidazole rings is 1. The number of carbonyl (C=O) groups excluding carboxylic acids is 1. The SMILES string of the molecule is Cc1ccc2nc(COc3ccc(C(=O)Nc4cc(Cl)ccc4O)cc3)cn2c1. The van der Waals surface area contributed by atoms with Gasteiger partial charge in [-0.2, -0.15) is 0 Å². The molecule has 0 saturated heterocycles. The van der Waals surface area contributed by atoms with E-state index in [9.17, 15) is 9.90 Å². The highest BCUT2D eigenvalue weighted by Crippen LogP contribution is 2.27. The molecule has 0 bridgehead atoms. The van der Waals surface area contributed by atoms with Crippen molar-refractivity contribution < 1.29 is 14.6 Å². The number of benzene rings is 2. The van der Waals surface area contributed by atoms with Crippen molar-refractivity contribution >= 4 is 28.8 Å². The fraction of sp³-hybridized carbons (Fsp3) is 0.0909. The summed E-state index contributed by atoms with van der Waals surface area (Å²) in [4.78, 5) is 16.9. The van der Waals surface area contributed by atoms with Gasteiger partial charge in [0.05, 0.1) is 11.4 Å². The third-order valence-corrected chi connectivity index (χ3v) is 4.59. The number of hydrogen-bond donors (Lipinski definition) is 2. The van der Waals surface area contributed by atoms with Gasteiger partial charge >= 0.3 is 0 Å². The molecule has 0 aliphatic heterocycles. The number of pyridine rings is 1. The molecule has 6 nitrogen and oxygen atoms in total. The average Bonchev–Trinajstić information content (AvgIpc) is 3.11. The van der Waals surface area contributed by atoms with E-state index in [2.05, 4.69) is 10.3 Å². The maximum absolute atomic E-state index is 12.4. The second-order valence-electron chi connectivity index (χ2n) is 6.63. The van der Waals surface area contributed by atoms with Crippen molar-refractivity contribution in [3.8, 4) is 11.5 Å². The second kappa shape index (κ2) is 7.85. The number of ether oxygens (including phenoxy) is 1. The lowest BCUT2D eigenvalue weighted by molar-refractivity contribution is 0.102. The lowest BCUT2D eigenvalue weighted by atomic mass is 10.2. The van der Waals surface area contributed by atoms with Crippen LogP contribution in [-0.2, 0) is 6.61 Å². The van der Waals surface area contributed by atoms with Gasteiger partial charge < -0.3 is 19.6 Å². The number of aryl methyl sites for hydroxylation is 1. The zero-order valence-corrected chi connectivity index (χ0v) is 16.3. The van der Waals surface area contributed by atoms with E-state index in [1.165, 1.54) is 12.1 Å². The molecule has 7 heteroatoms. The summed E-state index contributed by atoms with van der Waals surface area (Å²) in [5, 5.41) is 12.9. The minimum atomic E-state index is -0.357. The molecule has 4 rings (SSSR count). The molecule has 2 aromatic carbocycles. The molecule has 1 amide bonds. The first-order valence-corrected chi connectivity index (χ1v) is 9.33. The average molecular weight is 408 g/mol. The van der Waals surface area contributed by atoms with Crippen LogP contribution in [0.3, 0.4) is 0 Å². The Bertz CT molecular complexity index is 1190. The zero-order valence-electron chi connectivity index (χ0n) is 15.6. The van der Waals surface area contributed by atoms with Gasteiger partial charge in [-0.05, 0) is 61.0 Å². The molecular formula is C22H18ClN3O3. The lowest BCUT2D eigenvalue weighted by Crippen LogP contribution is -2.11. The zero-order chi connectivity index (χ0) is 20.4. The van der Waals surface area contributed by atoms with Crippen LogP contribution >= 0.6 is 11.6 Å². The summed E-state index contributed by atoms with van der Waals surface area (Å²) in [6.45, 7) is 2.35. The first kappa shape index (κ1) is 18.8. The van der Waals surface area contributed by atoms with Crippen LogP contribution in [0.2, 0.25) is 5.02 Å². The van der Waals surface area contributed by atoms with Gasteiger partial charge in [-0.3, -0.25) is 4.79 Å². The third-order valence-electron chi connectivity index (χ3n) is 4.36. The van der Waals surface area contributed by atoms with Crippen molar-refractivity contribution in [1.82, 2.24) is 9.38 Å². The first-order valence-electron chi connectivity index (χ1n) is 8.95. The number of anilines is 1. The highest BCUT2D eigenvalue weighted by molar-refractivity contribution is 6.31. The van der Waals surface area contributed by atoms with Crippen molar-refractivity contribution in [2.24, 2.45) is 0 Å². The van der Waals surface area contributed by atoms with Gasteiger partial charge in [0.1, 0.15) is 23.8 Å². The van der Waals surface area contributed by atoms with Crippen molar-refractivity contribution in [2.75, 3.05) is 5.32 Å². The molecule has 0 unspecified atom stereocenters. The number of rotatable bonds is 5. The summed E-state index contributed by atoms with van der Waals surface area (Å²) in [6.07, 6.45) is 3.94. The van der Waals surface area contributed by atoms with Crippen LogP contribution in [0.15, 0.2) is 67.0 Å². The van der Waals surface area contributed by atoms with Crippen molar-refractivity contribution in [1.29, 1.82) is 0 Å². The van der Waals surface area contributed by atoms with Crippen LogP contribution in [0, 0.1) is 6.92 Å². The van der Waals surface area contributed by atoms with Crippen LogP contribution < -0.4 is 10.1 Å². The molecule has 2 N–H and O–H groups in total. The monoisotopic (exact) mass is 407 g/mol. The Balaban J connectivity index is 1.40. The van der Waals surface area contributed by atoms with Gasteiger partial charge in [-0.25, -0.2) is 4.98 Å². The molecule has 0 fully saturated rings. The van der Waals surface area contributed by atoms with Crippen LogP contribution in [0.5, 0.6) is 11.5 Å². The number of hydrogen-bond acceptors (Lipinski definition) is 4. The number of aromatic hydroxyl groups is 1. The van der Waals surface area contributed by atoms with E-state index in [0.717, 1.165) is 16.9 Å². The van der Waals surface area contributed by atoms with Crippen LogP contribution in [0.1, 0.15) is 21.6 Å². The van der Waals surface area contributed by atoms with Gasteiger partial charge in [0.25, 0.3) is 5.91 Å². The number of fused-ring (bicyclic) bond motifs is 1. The second-order valence-corrected chi connectivity index (χ2v) is 7.07. The highest BCUT2D eigenvalue weighted by atomic mass is 35.5. The molecule has 0 aliphatic rings. The summed E-state index contributed by atoms with van der Waals surface area (Å²) < 4.78 is 7.74. The molecule has 4 aromatic rings. The van der Waals surface area contributed by atoms with E-state index >= 15 is 0 Å². The largest absolute Gasteiger partial charge is 0.506 e. The van der Waals surface area contributed by atoms with Crippen LogP contribution in [0.25, 0.3) is 5.65 Å². The Morgan fingerprint density at radius 3 is 2.72 bits per heavy atom. The predicted molar refractivity (Wildman–Crippen MR) is 112 cm³/mol. The summed E-state index contributed by atoms with van der Waals surface area (Å²) in [7, 11) is 0. The van der Waals surface area contributed by atoms with E-state index in [1.54, 1.807) is 30.3 Å². The number of nitrogens with one attached hydrogen (secondary N) is 1. The Morgan fingerprint density at radius 1 is 1.14 bits per heavy atom. The molecule has 0 aliphatic carbocycles. The molecule has 0 radical (unpaired) electrons. The minimum absolute atomic E-state index is 0.0506. The quantitative estimate of drug-likeness (QED) is 0.464. The topological polar surface area (TPSA) is 75.9 Å². The number of aromatic nitrogens is 2. The van der Waals surface area contributed by atoms with Gasteiger partial charge in [0, 0.05) is 23.0 Å². The van der Waals surface area contributed by atoms with Gasteiger partial charge in [-0.1, -0.05) is 17.7 Å². The van der Waals surface area contributed by atoms with E-state index in [0.29, 0.717) is 22.9 Å². The van der Waals surface area contributed by atoms with Gasteiger partial charge in [-0.15, -0.1) is 0 Å². The Kier molecular flexibility index (Phi) is 5.10. The standard InChI is InChI=1S/C22H18ClN3O3/c1-14-2-9-21-24-17(12-26(21)11-14)13-29-18-6-3-15(4-7-18)22(28)25-19-10-16(23)5-8-20(19)27/h2-12,27H,13H2,1H3,(H,25,28). The van der Waals surface area contributed by atoms with Crippen LogP contribution in [0.4, 0.5) is 5.69 Å². The number of nitrogens with zero attached hydrogens (tertiary/aromatic N) is 2. The maximum atomic E-state index is 12.4. The van der Waals surface area contributed by atoms with E-state index in [-0.39, 0.29) is 17.3 Å². The summed E-state index contributed by atoms with van der Waals surface area (Å²) in [5.74, 6) is 0.218. The molecule has 2 aromatic heterocycles. The Labute approximate surface area is 172 Å². The third kappa shape index (κ3) is 4.33. The molecule has 0 atom stereocenters. The van der Waals surface area contributed by atoms with E-state index in [4.69, 9.17) is 16.3 Å². The predicted octanol–water partition coefficient (Wildman–Crippen LogP) is 4.83. The fourth-order valence-corrected chi connectivity index (χ4v) is 3.06. The summed E-state index contributed by atoms with van der Waals surface area (Å²) in [5.41, 5.74) is 3.52. The molecule has 146 valence electrons. The number of carbonyl (C=O) groups is 1. The van der Waals surface area contributed by atoms with Crippen molar-refractivity contribution in [2.45, 2.75) is 13.5 Å². The number of amides is 1. The van der Waals surface area contributed by atoms with Crippen molar-refractivity contribution in [3.63, 3.8) is 0 Å². The Hall–Kier alpha value is -3.51. The van der Waals surface area contributed by atoms with Gasteiger partial charge in [0.2, 0.25) is 0 Å². The smallest absolute Gasteiger partial charge is 0.255 e. The minimum Gasteiger partial charge on any atom is -0.506 e. The lowest BCUT2D eigenvalue weighted by Gasteiger charge is -2.09. The van der Waals surface area contributed by atoms with E-state index in [1.807, 2.05) is 35.9 Å². The highest BCUT2D eigenvalue weighted by Gasteiger charge is 2.10. The van der Waals surface area contributed by atoms with Crippen LogP contribution in [-0.4, -0.2) is 20.4 Å². The Morgan fingerprint density at radius 2 is 1.93 bits per heavy atom. The molecule has 0 spiro atoms. The van der Waals surface area contributed by atoms with Gasteiger partial charge in [0.15, 0.2) is 0 Å². The van der Waals surface area contributed by atoms with E-state index < -0.39 is 0 Å². The molecular weight excluding hydrogens is 390 g/mol. The molecule has 29 heavy (non-hydrogen) atoms.